The summed E-state index contributed by atoms with van der Waals surface area (Å²) in [6.07, 6.45) is 2.93. The van der Waals surface area contributed by atoms with Gasteiger partial charge >= 0.3 is 0 Å². The van der Waals surface area contributed by atoms with Gasteiger partial charge in [0, 0.05) is 18.5 Å². The Morgan fingerprint density at radius 3 is 2.70 bits per heavy atom. The van der Waals surface area contributed by atoms with Gasteiger partial charge < -0.3 is 4.42 Å². The van der Waals surface area contributed by atoms with Crippen molar-refractivity contribution >= 4 is 23.2 Å². The van der Waals surface area contributed by atoms with Crippen molar-refractivity contribution in [1.29, 1.82) is 0 Å². The van der Waals surface area contributed by atoms with Crippen molar-refractivity contribution in [2.24, 2.45) is 5.84 Å². The first kappa shape index (κ1) is 15.4. The van der Waals surface area contributed by atoms with Crippen molar-refractivity contribution in [2.75, 3.05) is 0 Å². The molecule has 0 spiro atoms. The van der Waals surface area contributed by atoms with Crippen LogP contribution >= 0.6 is 23.2 Å². The molecule has 0 saturated carbocycles. The number of halogens is 2. The molecule has 2 rings (SSSR count). The van der Waals surface area contributed by atoms with E-state index in [1.165, 1.54) is 6.26 Å². The highest BCUT2D eigenvalue weighted by Crippen LogP contribution is 2.30. The average Bonchev–Trinajstić information content (AvgIpc) is 3.00. The maximum atomic E-state index is 6.40. The molecular formula is C13H18Cl2N4O. The Labute approximate surface area is 128 Å². The minimum absolute atomic E-state index is 0.176. The largest absolute Gasteiger partial charge is 0.453 e. The Hall–Kier alpha value is -1.01. The number of rotatable bonds is 6. The standard InChI is InChI=1S/C13H18Cl2N4O/c1-3-9-12(14)11(19(4-2)18-9)7-10(17-16)8-5-6-20-13(8)15/h5-6,10,17H,3-4,7,16H2,1-2H3. The lowest BCUT2D eigenvalue weighted by atomic mass is 10.1. The van der Waals surface area contributed by atoms with Gasteiger partial charge in [-0.15, -0.1) is 0 Å². The smallest absolute Gasteiger partial charge is 0.197 e. The van der Waals surface area contributed by atoms with Gasteiger partial charge in [-0.2, -0.15) is 5.10 Å². The number of furan rings is 1. The van der Waals surface area contributed by atoms with Gasteiger partial charge in [-0.05, 0) is 31.0 Å². The SMILES string of the molecule is CCc1nn(CC)c(CC(NN)c2ccoc2Cl)c1Cl. The first-order valence-corrected chi connectivity index (χ1v) is 7.30. The molecule has 0 amide bonds. The fourth-order valence-electron chi connectivity index (χ4n) is 2.22. The lowest BCUT2D eigenvalue weighted by molar-refractivity contribution is 0.505. The summed E-state index contributed by atoms with van der Waals surface area (Å²) in [5, 5.41) is 5.54. The van der Waals surface area contributed by atoms with Crippen molar-refractivity contribution in [3.8, 4) is 0 Å². The number of aryl methyl sites for hydroxylation is 2. The topological polar surface area (TPSA) is 69.0 Å². The predicted octanol–water partition coefficient (Wildman–Crippen LogP) is 3.11. The van der Waals surface area contributed by atoms with Crippen LogP contribution in [-0.2, 0) is 19.4 Å². The summed E-state index contributed by atoms with van der Waals surface area (Å²) in [6.45, 7) is 4.82. The fraction of sp³-hybridized carbons (Fsp3) is 0.462. The van der Waals surface area contributed by atoms with E-state index in [4.69, 9.17) is 33.5 Å². The van der Waals surface area contributed by atoms with E-state index in [9.17, 15) is 0 Å². The number of nitrogens with one attached hydrogen (secondary N) is 1. The molecule has 0 aromatic carbocycles. The van der Waals surface area contributed by atoms with E-state index in [2.05, 4.69) is 10.5 Å². The molecular weight excluding hydrogens is 299 g/mol. The molecule has 20 heavy (non-hydrogen) atoms. The highest BCUT2D eigenvalue weighted by molar-refractivity contribution is 6.32. The zero-order valence-electron chi connectivity index (χ0n) is 11.5. The van der Waals surface area contributed by atoms with Crippen LogP contribution in [0.25, 0.3) is 0 Å². The van der Waals surface area contributed by atoms with E-state index in [1.54, 1.807) is 6.07 Å². The minimum atomic E-state index is -0.176. The van der Waals surface area contributed by atoms with Crippen molar-refractivity contribution < 1.29 is 4.42 Å². The number of aromatic nitrogens is 2. The Bertz CT molecular complexity index is 579. The average molecular weight is 317 g/mol. The lowest BCUT2D eigenvalue weighted by Crippen LogP contribution is -2.30. The number of hydrazine groups is 1. The maximum absolute atomic E-state index is 6.40. The first-order chi connectivity index (χ1) is 9.62. The van der Waals surface area contributed by atoms with E-state index in [1.807, 2.05) is 18.5 Å². The Morgan fingerprint density at radius 2 is 2.20 bits per heavy atom. The molecule has 0 aliphatic rings. The summed E-state index contributed by atoms with van der Waals surface area (Å²) in [5.74, 6) is 5.64. The molecule has 0 aliphatic heterocycles. The molecule has 1 unspecified atom stereocenters. The van der Waals surface area contributed by atoms with Crippen molar-refractivity contribution in [1.82, 2.24) is 15.2 Å². The summed E-state index contributed by atoms with van der Waals surface area (Å²) in [4.78, 5) is 0. The van der Waals surface area contributed by atoms with Crippen LogP contribution in [0.5, 0.6) is 0 Å². The quantitative estimate of drug-likeness (QED) is 0.634. The molecule has 110 valence electrons. The third kappa shape index (κ3) is 2.86. The van der Waals surface area contributed by atoms with Gasteiger partial charge in [0.15, 0.2) is 5.22 Å². The maximum Gasteiger partial charge on any atom is 0.197 e. The summed E-state index contributed by atoms with van der Waals surface area (Å²) in [6, 6.07) is 1.62. The van der Waals surface area contributed by atoms with Crippen molar-refractivity contribution in [2.45, 2.75) is 39.3 Å². The summed E-state index contributed by atoms with van der Waals surface area (Å²) < 4.78 is 7.01. The van der Waals surface area contributed by atoms with E-state index in [-0.39, 0.29) is 6.04 Å². The molecule has 0 radical (unpaired) electrons. The van der Waals surface area contributed by atoms with Crippen LogP contribution in [0.1, 0.15) is 36.8 Å². The third-order valence-corrected chi connectivity index (χ3v) is 4.06. The zero-order chi connectivity index (χ0) is 14.7. The monoisotopic (exact) mass is 316 g/mol. The van der Waals surface area contributed by atoms with Crippen LogP contribution in [0.4, 0.5) is 0 Å². The Balaban J connectivity index is 2.32. The normalized spacial score (nSPS) is 12.8. The summed E-state index contributed by atoms with van der Waals surface area (Å²) in [5.41, 5.74) is 5.42. The Morgan fingerprint density at radius 1 is 1.45 bits per heavy atom. The molecule has 1 atom stereocenters. The minimum Gasteiger partial charge on any atom is -0.453 e. The van der Waals surface area contributed by atoms with Gasteiger partial charge in [-0.25, -0.2) is 0 Å². The third-order valence-electron chi connectivity index (χ3n) is 3.31. The molecule has 2 heterocycles. The predicted molar refractivity (Wildman–Crippen MR) is 79.8 cm³/mol. The molecule has 0 saturated heterocycles. The highest BCUT2D eigenvalue weighted by atomic mass is 35.5. The second kappa shape index (κ2) is 6.63. The van der Waals surface area contributed by atoms with Crippen LogP contribution < -0.4 is 11.3 Å². The lowest BCUT2D eigenvalue weighted by Gasteiger charge is -2.15. The van der Waals surface area contributed by atoms with E-state index in [0.717, 1.165) is 29.9 Å². The molecule has 2 aromatic heterocycles. The van der Waals surface area contributed by atoms with Crippen LogP contribution in [0, 0.1) is 0 Å². The molecule has 5 nitrogen and oxygen atoms in total. The van der Waals surface area contributed by atoms with Crippen molar-refractivity contribution in [3.05, 3.63) is 39.5 Å². The van der Waals surface area contributed by atoms with Crippen LogP contribution in [0.3, 0.4) is 0 Å². The molecule has 2 aromatic rings. The van der Waals surface area contributed by atoms with E-state index < -0.39 is 0 Å². The molecule has 0 bridgehead atoms. The second-order valence-corrected chi connectivity index (χ2v) is 5.17. The highest BCUT2D eigenvalue weighted by Gasteiger charge is 2.22. The van der Waals surface area contributed by atoms with Gasteiger partial charge in [-0.3, -0.25) is 16.0 Å². The van der Waals surface area contributed by atoms with Crippen molar-refractivity contribution in [3.63, 3.8) is 0 Å². The summed E-state index contributed by atoms with van der Waals surface area (Å²) >= 11 is 12.4. The van der Waals surface area contributed by atoms with Crippen LogP contribution in [-0.4, -0.2) is 9.78 Å². The first-order valence-electron chi connectivity index (χ1n) is 6.55. The number of hydrogen-bond donors (Lipinski definition) is 2. The van der Waals surface area contributed by atoms with Gasteiger partial charge in [0.25, 0.3) is 0 Å². The zero-order valence-corrected chi connectivity index (χ0v) is 13.0. The second-order valence-electron chi connectivity index (χ2n) is 4.45. The summed E-state index contributed by atoms with van der Waals surface area (Å²) in [7, 11) is 0. The number of hydrogen-bond acceptors (Lipinski definition) is 4. The fourth-order valence-corrected chi connectivity index (χ4v) is 2.81. The van der Waals surface area contributed by atoms with Gasteiger partial charge in [0.2, 0.25) is 0 Å². The number of nitrogens with zero attached hydrogens (tertiary/aromatic N) is 2. The van der Waals surface area contributed by atoms with E-state index >= 15 is 0 Å². The van der Waals surface area contributed by atoms with Crippen LogP contribution in [0.15, 0.2) is 16.7 Å². The van der Waals surface area contributed by atoms with Gasteiger partial charge in [-0.1, -0.05) is 18.5 Å². The van der Waals surface area contributed by atoms with Gasteiger partial charge in [0.1, 0.15) is 0 Å². The van der Waals surface area contributed by atoms with E-state index in [0.29, 0.717) is 16.7 Å². The van der Waals surface area contributed by atoms with Crippen LogP contribution in [0.2, 0.25) is 10.2 Å². The van der Waals surface area contributed by atoms with Gasteiger partial charge in [0.05, 0.1) is 28.7 Å². The Kier molecular flexibility index (Phi) is 5.10. The molecule has 0 aliphatic carbocycles. The molecule has 3 N–H and O–H groups in total. The molecule has 7 heteroatoms. The number of nitrogens with two attached hydrogens (primary N) is 1. The molecule has 0 fully saturated rings.